The minimum atomic E-state index is 0.278. The van der Waals surface area contributed by atoms with Crippen LogP contribution in [-0.2, 0) is 4.79 Å². The first-order valence-electron chi connectivity index (χ1n) is 7.78. The van der Waals surface area contributed by atoms with Gasteiger partial charge in [0, 0.05) is 36.6 Å². The molecule has 1 saturated heterocycles. The van der Waals surface area contributed by atoms with Crippen LogP contribution in [0.25, 0.3) is 0 Å². The molecule has 0 bridgehead atoms. The van der Waals surface area contributed by atoms with E-state index in [1.165, 1.54) is 19.3 Å². The largest absolute Gasteiger partial charge is 0.353 e. The molecule has 1 aromatic rings. The van der Waals surface area contributed by atoms with Gasteiger partial charge in [0.25, 0.3) is 0 Å². The Labute approximate surface area is 124 Å². The van der Waals surface area contributed by atoms with E-state index in [0.717, 1.165) is 43.9 Å². The van der Waals surface area contributed by atoms with Gasteiger partial charge in [0.05, 0.1) is 0 Å². The fourth-order valence-electron chi connectivity index (χ4n) is 3.27. The van der Waals surface area contributed by atoms with E-state index in [0.29, 0.717) is 11.9 Å². The minimum absolute atomic E-state index is 0.278. The third-order valence-corrected chi connectivity index (χ3v) is 5.34. The van der Waals surface area contributed by atoms with Gasteiger partial charge in [0.1, 0.15) is 0 Å². The van der Waals surface area contributed by atoms with Crippen molar-refractivity contribution in [3.8, 4) is 0 Å². The van der Waals surface area contributed by atoms with Gasteiger partial charge in [-0.2, -0.15) is 0 Å². The summed E-state index contributed by atoms with van der Waals surface area (Å²) in [5.41, 5.74) is 0. The second-order valence-corrected chi connectivity index (χ2v) is 6.79. The minimum Gasteiger partial charge on any atom is -0.353 e. The molecule has 110 valence electrons. The molecule has 2 fully saturated rings. The molecule has 1 aliphatic heterocycles. The number of hydrogen-bond acceptors (Lipinski definition) is 4. The predicted octanol–water partition coefficient (Wildman–Crippen LogP) is 2.81. The summed E-state index contributed by atoms with van der Waals surface area (Å²) in [6, 6.07) is 0.362. The zero-order chi connectivity index (χ0) is 13.8. The van der Waals surface area contributed by atoms with Crippen molar-refractivity contribution in [1.82, 2.24) is 10.3 Å². The number of thiazole rings is 1. The molecule has 1 N–H and O–H groups in total. The van der Waals surface area contributed by atoms with E-state index < -0.39 is 0 Å². The van der Waals surface area contributed by atoms with E-state index in [1.54, 1.807) is 11.3 Å². The molecule has 0 radical (unpaired) electrons. The molecule has 1 aromatic heterocycles. The molecular formula is C15H23N3OS. The Hall–Kier alpha value is -1.10. The highest BCUT2D eigenvalue weighted by molar-refractivity contribution is 7.13. The lowest BCUT2D eigenvalue weighted by Crippen LogP contribution is -2.46. The molecule has 5 heteroatoms. The van der Waals surface area contributed by atoms with E-state index >= 15 is 0 Å². The van der Waals surface area contributed by atoms with Gasteiger partial charge in [-0.3, -0.25) is 4.79 Å². The molecule has 1 aliphatic carbocycles. The van der Waals surface area contributed by atoms with Crippen LogP contribution >= 0.6 is 11.3 Å². The van der Waals surface area contributed by atoms with Gasteiger partial charge in [-0.25, -0.2) is 4.98 Å². The van der Waals surface area contributed by atoms with Crippen molar-refractivity contribution >= 4 is 22.4 Å². The summed E-state index contributed by atoms with van der Waals surface area (Å²) in [4.78, 5) is 18.9. The average molecular weight is 293 g/mol. The van der Waals surface area contributed by atoms with Gasteiger partial charge in [0.2, 0.25) is 5.91 Å². The number of nitrogens with zero attached hydrogens (tertiary/aromatic N) is 2. The lowest BCUT2D eigenvalue weighted by molar-refractivity contribution is -0.126. The quantitative estimate of drug-likeness (QED) is 0.932. The molecule has 20 heavy (non-hydrogen) atoms. The number of amides is 1. The summed E-state index contributed by atoms with van der Waals surface area (Å²) in [6.45, 7) is 2.01. The number of aromatic nitrogens is 1. The van der Waals surface area contributed by atoms with E-state index in [4.69, 9.17) is 0 Å². The van der Waals surface area contributed by atoms with Crippen molar-refractivity contribution in [2.75, 3.05) is 18.0 Å². The predicted molar refractivity (Wildman–Crippen MR) is 82.1 cm³/mol. The molecular weight excluding hydrogens is 270 g/mol. The van der Waals surface area contributed by atoms with Crippen molar-refractivity contribution in [1.29, 1.82) is 0 Å². The van der Waals surface area contributed by atoms with Crippen LogP contribution in [0.5, 0.6) is 0 Å². The van der Waals surface area contributed by atoms with E-state index in [2.05, 4.69) is 15.2 Å². The summed E-state index contributed by atoms with van der Waals surface area (Å²) in [5, 5.41) is 6.40. The fourth-order valence-corrected chi connectivity index (χ4v) is 3.97. The number of carbonyl (C=O) groups is 1. The first-order chi connectivity index (χ1) is 9.83. The van der Waals surface area contributed by atoms with Crippen LogP contribution in [-0.4, -0.2) is 30.0 Å². The first kappa shape index (κ1) is 13.9. The highest BCUT2D eigenvalue weighted by atomic mass is 32.1. The summed E-state index contributed by atoms with van der Waals surface area (Å²) in [7, 11) is 0. The van der Waals surface area contributed by atoms with Gasteiger partial charge in [-0.1, -0.05) is 19.3 Å². The SMILES string of the molecule is O=C(NC1CCN(c2nccs2)CC1)C1CCCCC1. The molecule has 3 rings (SSSR count). The monoisotopic (exact) mass is 293 g/mol. The van der Waals surface area contributed by atoms with Gasteiger partial charge >= 0.3 is 0 Å². The number of hydrogen-bond donors (Lipinski definition) is 1. The number of nitrogens with one attached hydrogen (secondary N) is 1. The highest BCUT2D eigenvalue weighted by Gasteiger charge is 2.26. The molecule has 0 spiro atoms. The zero-order valence-electron chi connectivity index (χ0n) is 11.9. The summed E-state index contributed by atoms with van der Waals surface area (Å²) in [6.07, 6.45) is 9.86. The average Bonchev–Trinajstić information content (AvgIpc) is 3.03. The maximum absolute atomic E-state index is 12.2. The molecule has 0 unspecified atom stereocenters. The maximum atomic E-state index is 12.2. The Kier molecular flexibility index (Phi) is 4.55. The Bertz CT molecular complexity index is 420. The van der Waals surface area contributed by atoms with Crippen LogP contribution in [0.1, 0.15) is 44.9 Å². The zero-order valence-corrected chi connectivity index (χ0v) is 12.7. The lowest BCUT2D eigenvalue weighted by atomic mass is 9.88. The van der Waals surface area contributed by atoms with Crippen LogP contribution in [0.4, 0.5) is 5.13 Å². The molecule has 0 aromatic carbocycles. The van der Waals surface area contributed by atoms with Crippen LogP contribution in [0.3, 0.4) is 0 Å². The third kappa shape index (κ3) is 3.32. The lowest BCUT2D eigenvalue weighted by Gasteiger charge is -2.33. The van der Waals surface area contributed by atoms with Crippen molar-refractivity contribution in [3.63, 3.8) is 0 Å². The van der Waals surface area contributed by atoms with Gasteiger partial charge in [0.15, 0.2) is 5.13 Å². The Morgan fingerprint density at radius 2 is 1.95 bits per heavy atom. The van der Waals surface area contributed by atoms with E-state index in [-0.39, 0.29) is 5.92 Å². The standard InChI is InChI=1S/C15H23N3OS/c19-14(12-4-2-1-3-5-12)17-13-6-9-18(10-7-13)15-16-8-11-20-15/h8,11-13H,1-7,9-10H2,(H,17,19). The van der Waals surface area contributed by atoms with Crippen LogP contribution in [0.2, 0.25) is 0 Å². The van der Waals surface area contributed by atoms with Crippen molar-refractivity contribution < 1.29 is 4.79 Å². The normalized spacial score (nSPS) is 21.9. The van der Waals surface area contributed by atoms with Crippen LogP contribution < -0.4 is 10.2 Å². The second-order valence-electron chi connectivity index (χ2n) is 5.92. The van der Waals surface area contributed by atoms with Crippen LogP contribution in [0, 0.1) is 5.92 Å². The van der Waals surface area contributed by atoms with Crippen molar-refractivity contribution in [3.05, 3.63) is 11.6 Å². The Balaban J connectivity index is 1.45. The second kappa shape index (κ2) is 6.57. The molecule has 4 nitrogen and oxygen atoms in total. The number of rotatable bonds is 3. The summed E-state index contributed by atoms with van der Waals surface area (Å²) >= 11 is 1.69. The van der Waals surface area contributed by atoms with Gasteiger partial charge in [-0.15, -0.1) is 11.3 Å². The van der Waals surface area contributed by atoms with Crippen molar-refractivity contribution in [2.45, 2.75) is 51.0 Å². The topological polar surface area (TPSA) is 45.2 Å². The molecule has 1 saturated carbocycles. The molecule has 0 atom stereocenters. The Morgan fingerprint density at radius 1 is 1.20 bits per heavy atom. The van der Waals surface area contributed by atoms with E-state index in [9.17, 15) is 4.79 Å². The molecule has 1 amide bonds. The number of piperidine rings is 1. The van der Waals surface area contributed by atoms with Crippen molar-refractivity contribution in [2.24, 2.45) is 5.92 Å². The fraction of sp³-hybridized carbons (Fsp3) is 0.733. The van der Waals surface area contributed by atoms with Crippen LogP contribution in [0.15, 0.2) is 11.6 Å². The first-order valence-corrected chi connectivity index (χ1v) is 8.66. The number of anilines is 1. The summed E-state index contributed by atoms with van der Waals surface area (Å²) in [5.74, 6) is 0.582. The smallest absolute Gasteiger partial charge is 0.223 e. The third-order valence-electron chi connectivity index (χ3n) is 4.51. The molecule has 2 aliphatic rings. The summed E-state index contributed by atoms with van der Waals surface area (Å²) < 4.78 is 0. The van der Waals surface area contributed by atoms with Gasteiger partial charge < -0.3 is 10.2 Å². The Morgan fingerprint density at radius 3 is 2.60 bits per heavy atom. The molecule has 2 heterocycles. The van der Waals surface area contributed by atoms with Gasteiger partial charge in [-0.05, 0) is 25.7 Å². The number of carbonyl (C=O) groups excluding carboxylic acids is 1. The maximum Gasteiger partial charge on any atom is 0.223 e. The highest BCUT2D eigenvalue weighted by Crippen LogP contribution is 2.25. The van der Waals surface area contributed by atoms with E-state index in [1.807, 2.05) is 11.6 Å².